The summed E-state index contributed by atoms with van der Waals surface area (Å²) in [6.07, 6.45) is 3.73. The molecule has 1 aliphatic rings. The van der Waals surface area contributed by atoms with Crippen LogP contribution < -0.4 is 0 Å². The van der Waals surface area contributed by atoms with Crippen LogP contribution >= 0.6 is 0 Å². The van der Waals surface area contributed by atoms with Crippen molar-refractivity contribution >= 4 is 24.1 Å². The molecule has 1 saturated heterocycles. The molecule has 1 aliphatic heterocycles. The average molecular weight is 289 g/mol. The molecule has 7 nitrogen and oxygen atoms in total. The van der Waals surface area contributed by atoms with Gasteiger partial charge in [-0.25, -0.2) is 0 Å². The van der Waals surface area contributed by atoms with Crippen LogP contribution in [0.1, 0.15) is 5.56 Å². The van der Waals surface area contributed by atoms with Gasteiger partial charge >= 0.3 is 0 Å². The molecule has 1 aromatic rings. The van der Waals surface area contributed by atoms with Crippen molar-refractivity contribution < 1.29 is 14.5 Å². The smallest absolute Gasteiger partial charge is 0.270 e. The minimum atomic E-state index is -0.474. The molecule has 0 atom stereocenters. The summed E-state index contributed by atoms with van der Waals surface area (Å²) in [6.45, 7) is 2.05. The van der Waals surface area contributed by atoms with Crippen molar-refractivity contribution in [1.82, 2.24) is 9.80 Å². The van der Waals surface area contributed by atoms with Crippen molar-refractivity contribution in [3.63, 3.8) is 0 Å². The first-order valence-corrected chi connectivity index (χ1v) is 6.51. The molecule has 0 bridgehead atoms. The summed E-state index contributed by atoms with van der Waals surface area (Å²) >= 11 is 0. The van der Waals surface area contributed by atoms with Crippen LogP contribution in [0.25, 0.3) is 6.08 Å². The second-order valence-electron chi connectivity index (χ2n) is 4.65. The maximum Gasteiger partial charge on any atom is 0.270 e. The predicted molar refractivity (Wildman–Crippen MR) is 76.3 cm³/mol. The van der Waals surface area contributed by atoms with Gasteiger partial charge in [0.05, 0.1) is 4.92 Å². The molecule has 1 aromatic carbocycles. The largest absolute Gasteiger partial charge is 0.342 e. The molecule has 0 radical (unpaired) electrons. The van der Waals surface area contributed by atoms with Gasteiger partial charge in [-0.05, 0) is 11.6 Å². The third-order valence-electron chi connectivity index (χ3n) is 3.27. The molecule has 0 saturated carbocycles. The molecule has 21 heavy (non-hydrogen) atoms. The summed E-state index contributed by atoms with van der Waals surface area (Å²) < 4.78 is 0. The topological polar surface area (TPSA) is 83.8 Å². The van der Waals surface area contributed by atoms with Crippen LogP contribution in [0.5, 0.6) is 0 Å². The highest BCUT2D eigenvalue weighted by molar-refractivity contribution is 5.92. The molecule has 0 unspecified atom stereocenters. The van der Waals surface area contributed by atoms with Gasteiger partial charge in [0.2, 0.25) is 12.3 Å². The van der Waals surface area contributed by atoms with E-state index in [1.165, 1.54) is 18.2 Å². The number of hydrogen-bond donors (Lipinski definition) is 0. The number of benzene rings is 1. The van der Waals surface area contributed by atoms with E-state index >= 15 is 0 Å². The first-order valence-electron chi connectivity index (χ1n) is 6.51. The Morgan fingerprint density at radius 2 is 1.95 bits per heavy atom. The maximum absolute atomic E-state index is 12.0. The number of amides is 2. The predicted octanol–water partition coefficient (Wildman–Crippen LogP) is 0.909. The van der Waals surface area contributed by atoms with Gasteiger partial charge in [-0.3, -0.25) is 19.7 Å². The van der Waals surface area contributed by atoms with E-state index in [0.29, 0.717) is 31.7 Å². The molecule has 2 rings (SSSR count). The molecule has 110 valence electrons. The van der Waals surface area contributed by atoms with Crippen LogP contribution in [0.3, 0.4) is 0 Å². The Morgan fingerprint density at radius 1 is 1.24 bits per heavy atom. The zero-order valence-corrected chi connectivity index (χ0v) is 11.3. The highest BCUT2D eigenvalue weighted by atomic mass is 16.6. The first kappa shape index (κ1) is 14.7. The van der Waals surface area contributed by atoms with Crippen LogP contribution in [-0.2, 0) is 9.59 Å². The molecular formula is C14H15N3O4. The standard InChI is InChI=1S/C14H15N3O4/c18-11-15-6-8-16(9-7-15)14(19)5-4-12-2-1-3-13(10-12)17(20)21/h1-5,10-11H,6-9H2/b5-4+. The summed E-state index contributed by atoms with van der Waals surface area (Å²) in [5.74, 6) is -0.160. The lowest BCUT2D eigenvalue weighted by Gasteiger charge is -2.31. The van der Waals surface area contributed by atoms with Gasteiger partial charge in [-0.2, -0.15) is 0 Å². The molecule has 1 fully saturated rings. The fourth-order valence-electron chi connectivity index (χ4n) is 2.06. The lowest BCUT2D eigenvalue weighted by atomic mass is 10.2. The summed E-state index contributed by atoms with van der Waals surface area (Å²) in [5.41, 5.74) is 0.591. The second-order valence-corrected chi connectivity index (χ2v) is 4.65. The van der Waals surface area contributed by atoms with Crippen molar-refractivity contribution in [3.05, 3.63) is 46.0 Å². The summed E-state index contributed by atoms with van der Waals surface area (Å²) in [7, 11) is 0. The molecule has 0 aliphatic carbocycles. The van der Waals surface area contributed by atoms with E-state index in [2.05, 4.69) is 0 Å². The maximum atomic E-state index is 12.0. The minimum Gasteiger partial charge on any atom is -0.342 e. The van der Waals surface area contributed by atoms with Gasteiger partial charge in [0, 0.05) is 44.4 Å². The highest BCUT2D eigenvalue weighted by Crippen LogP contribution is 2.14. The number of carbonyl (C=O) groups excluding carboxylic acids is 2. The van der Waals surface area contributed by atoms with Crippen LogP contribution in [0.2, 0.25) is 0 Å². The van der Waals surface area contributed by atoms with Crippen LogP contribution in [0.15, 0.2) is 30.3 Å². The highest BCUT2D eigenvalue weighted by Gasteiger charge is 2.18. The Balaban J connectivity index is 1.97. The summed E-state index contributed by atoms with van der Waals surface area (Å²) in [4.78, 5) is 36.0. The van der Waals surface area contributed by atoms with Gasteiger partial charge in [-0.1, -0.05) is 12.1 Å². The van der Waals surface area contributed by atoms with Crippen molar-refractivity contribution in [2.75, 3.05) is 26.2 Å². The number of hydrogen-bond acceptors (Lipinski definition) is 4. The number of nitrogens with zero attached hydrogens (tertiary/aromatic N) is 3. The van der Waals surface area contributed by atoms with Gasteiger partial charge < -0.3 is 9.80 Å². The van der Waals surface area contributed by atoms with Gasteiger partial charge in [0.1, 0.15) is 0 Å². The van der Waals surface area contributed by atoms with Gasteiger partial charge in [0.25, 0.3) is 5.69 Å². The fraction of sp³-hybridized carbons (Fsp3) is 0.286. The molecule has 0 aromatic heterocycles. The van der Waals surface area contributed by atoms with Crippen LogP contribution in [0.4, 0.5) is 5.69 Å². The Hall–Kier alpha value is -2.70. The fourth-order valence-corrected chi connectivity index (χ4v) is 2.06. The number of nitro groups is 1. The lowest BCUT2D eigenvalue weighted by Crippen LogP contribution is -2.47. The Morgan fingerprint density at radius 3 is 2.57 bits per heavy atom. The van der Waals surface area contributed by atoms with E-state index < -0.39 is 4.92 Å². The third kappa shape index (κ3) is 3.88. The van der Waals surface area contributed by atoms with Crippen LogP contribution in [0, 0.1) is 10.1 Å². The van der Waals surface area contributed by atoms with Crippen LogP contribution in [-0.4, -0.2) is 53.2 Å². The quantitative estimate of drug-likeness (QED) is 0.357. The molecule has 0 N–H and O–H groups in total. The molecule has 2 amide bonds. The monoisotopic (exact) mass is 289 g/mol. The number of nitro benzene ring substituents is 1. The third-order valence-corrected chi connectivity index (χ3v) is 3.27. The lowest BCUT2D eigenvalue weighted by molar-refractivity contribution is -0.384. The zero-order chi connectivity index (χ0) is 15.2. The molecule has 1 heterocycles. The van der Waals surface area contributed by atoms with Crippen molar-refractivity contribution in [2.45, 2.75) is 0 Å². The molecular weight excluding hydrogens is 274 g/mol. The van der Waals surface area contributed by atoms with E-state index in [4.69, 9.17) is 0 Å². The Kier molecular flexibility index (Phi) is 4.65. The average Bonchev–Trinajstić information content (AvgIpc) is 2.53. The Bertz CT molecular complexity index is 577. The second kappa shape index (κ2) is 6.65. The van der Waals surface area contributed by atoms with Crippen molar-refractivity contribution in [3.8, 4) is 0 Å². The van der Waals surface area contributed by atoms with Crippen molar-refractivity contribution in [1.29, 1.82) is 0 Å². The van der Waals surface area contributed by atoms with E-state index in [1.807, 2.05) is 0 Å². The van der Waals surface area contributed by atoms with E-state index in [9.17, 15) is 19.7 Å². The number of piperazine rings is 1. The van der Waals surface area contributed by atoms with Crippen molar-refractivity contribution in [2.24, 2.45) is 0 Å². The number of carbonyl (C=O) groups is 2. The zero-order valence-electron chi connectivity index (χ0n) is 11.3. The first-order chi connectivity index (χ1) is 10.1. The van der Waals surface area contributed by atoms with E-state index in [-0.39, 0.29) is 11.6 Å². The Labute approximate surface area is 121 Å². The van der Waals surface area contributed by atoms with E-state index in [1.54, 1.807) is 28.0 Å². The van der Waals surface area contributed by atoms with Gasteiger partial charge in [0.15, 0.2) is 0 Å². The van der Waals surface area contributed by atoms with Gasteiger partial charge in [-0.15, -0.1) is 0 Å². The summed E-state index contributed by atoms with van der Waals surface area (Å²) in [5, 5.41) is 10.7. The minimum absolute atomic E-state index is 0.0100. The number of rotatable bonds is 4. The SMILES string of the molecule is O=CN1CCN(C(=O)/C=C/c2cccc([N+](=O)[O-])c2)CC1. The van der Waals surface area contributed by atoms with E-state index in [0.717, 1.165) is 6.41 Å². The number of non-ortho nitro benzene ring substituents is 1. The molecule has 0 spiro atoms. The molecule has 7 heteroatoms. The normalized spacial score (nSPS) is 15.2. The summed E-state index contributed by atoms with van der Waals surface area (Å²) in [6, 6.07) is 6.08.